The summed E-state index contributed by atoms with van der Waals surface area (Å²) in [6.07, 6.45) is 4.94. The normalized spacial score (nSPS) is 10.0. The van der Waals surface area contributed by atoms with Gasteiger partial charge in [0.05, 0.1) is 12.7 Å². The van der Waals surface area contributed by atoms with Gasteiger partial charge in [-0.15, -0.1) is 0 Å². The van der Waals surface area contributed by atoms with Gasteiger partial charge < -0.3 is 10.1 Å². The number of rotatable bonds is 7. The van der Waals surface area contributed by atoms with Gasteiger partial charge in [-0.25, -0.2) is 4.79 Å². The molecule has 1 aromatic rings. The second-order valence-electron chi connectivity index (χ2n) is 4.06. The summed E-state index contributed by atoms with van der Waals surface area (Å²) in [5.74, 6) is -0.292. The molecule has 0 bridgehead atoms. The van der Waals surface area contributed by atoms with Crippen molar-refractivity contribution in [1.29, 1.82) is 0 Å². The van der Waals surface area contributed by atoms with Crippen LogP contribution >= 0.6 is 0 Å². The number of ether oxygens (including phenoxy) is 1. The van der Waals surface area contributed by atoms with Crippen molar-refractivity contribution >= 4 is 11.7 Å². The SMILES string of the molecule is CCCCCCNc1cccc(C(=O)OC)c1. The number of methoxy groups -OCH3 is 1. The second kappa shape index (κ2) is 7.71. The molecule has 0 atom stereocenters. The number of anilines is 1. The molecule has 0 radical (unpaired) electrons. The molecule has 0 saturated carbocycles. The first-order valence-electron chi connectivity index (χ1n) is 6.20. The molecule has 0 spiro atoms. The highest BCUT2D eigenvalue weighted by Crippen LogP contribution is 2.12. The Balaban J connectivity index is 2.40. The van der Waals surface area contributed by atoms with Crippen molar-refractivity contribution in [3.8, 4) is 0 Å². The number of hydrogen-bond donors (Lipinski definition) is 1. The van der Waals surface area contributed by atoms with E-state index in [1.165, 1.54) is 26.4 Å². The molecule has 3 heteroatoms. The summed E-state index contributed by atoms with van der Waals surface area (Å²) in [5, 5.41) is 3.32. The standard InChI is InChI=1S/C14H21NO2/c1-3-4-5-6-10-15-13-9-7-8-12(11-13)14(16)17-2/h7-9,11,15H,3-6,10H2,1-2H3. The van der Waals surface area contributed by atoms with Crippen molar-refractivity contribution in [2.75, 3.05) is 19.0 Å². The van der Waals surface area contributed by atoms with Crippen LogP contribution in [0, 0.1) is 0 Å². The maximum atomic E-state index is 11.3. The Morgan fingerprint density at radius 2 is 2.12 bits per heavy atom. The minimum atomic E-state index is -0.292. The fourth-order valence-electron chi connectivity index (χ4n) is 1.66. The molecule has 1 rings (SSSR count). The third-order valence-electron chi connectivity index (χ3n) is 2.64. The molecular weight excluding hydrogens is 214 g/mol. The van der Waals surface area contributed by atoms with E-state index in [-0.39, 0.29) is 5.97 Å². The van der Waals surface area contributed by atoms with E-state index in [2.05, 4.69) is 17.0 Å². The average Bonchev–Trinajstić information content (AvgIpc) is 2.38. The minimum absolute atomic E-state index is 0.292. The predicted molar refractivity (Wildman–Crippen MR) is 70.4 cm³/mol. The maximum absolute atomic E-state index is 11.3. The van der Waals surface area contributed by atoms with Gasteiger partial charge in [0.15, 0.2) is 0 Å². The zero-order valence-corrected chi connectivity index (χ0v) is 10.7. The quantitative estimate of drug-likeness (QED) is 0.581. The van der Waals surface area contributed by atoms with E-state index >= 15 is 0 Å². The Kier molecular flexibility index (Phi) is 6.15. The van der Waals surface area contributed by atoms with E-state index in [1.807, 2.05) is 18.2 Å². The number of carbonyl (C=O) groups excluding carboxylic acids is 1. The van der Waals surface area contributed by atoms with Gasteiger partial charge in [0, 0.05) is 12.2 Å². The van der Waals surface area contributed by atoms with Crippen LogP contribution in [-0.2, 0) is 4.74 Å². The van der Waals surface area contributed by atoms with E-state index in [9.17, 15) is 4.79 Å². The van der Waals surface area contributed by atoms with Gasteiger partial charge >= 0.3 is 5.97 Å². The zero-order chi connectivity index (χ0) is 12.5. The summed E-state index contributed by atoms with van der Waals surface area (Å²) >= 11 is 0. The summed E-state index contributed by atoms with van der Waals surface area (Å²) in [5.41, 5.74) is 1.57. The lowest BCUT2D eigenvalue weighted by molar-refractivity contribution is 0.0601. The number of nitrogens with one attached hydrogen (secondary N) is 1. The van der Waals surface area contributed by atoms with Gasteiger partial charge in [0.1, 0.15) is 0 Å². The van der Waals surface area contributed by atoms with E-state index in [0.717, 1.165) is 18.7 Å². The highest BCUT2D eigenvalue weighted by molar-refractivity contribution is 5.90. The Hall–Kier alpha value is -1.51. The van der Waals surface area contributed by atoms with Crippen molar-refractivity contribution in [3.63, 3.8) is 0 Å². The number of hydrogen-bond acceptors (Lipinski definition) is 3. The summed E-state index contributed by atoms with van der Waals surface area (Å²) in [6.45, 7) is 3.15. The lowest BCUT2D eigenvalue weighted by Crippen LogP contribution is -2.04. The van der Waals surface area contributed by atoms with Crippen LogP contribution in [0.4, 0.5) is 5.69 Å². The molecule has 0 aliphatic heterocycles. The number of unbranched alkanes of at least 4 members (excludes halogenated alkanes) is 3. The third-order valence-corrected chi connectivity index (χ3v) is 2.64. The van der Waals surface area contributed by atoms with Gasteiger partial charge in [0.25, 0.3) is 0 Å². The van der Waals surface area contributed by atoms with Crippen LogP contribution in [0.5, 0.6) is 0 Å². The molecule has 0 aliphatic carbocycles. The van der Waals surface area contributed by atoms with E-state index in [4.69, 9.17) is 0 Å². The van der Waals surface area contributed by atoms with Crippen molar-refractivity contribution in [3.05, 3.63) is 29.8 Å². The Bertz CT molecular complexity index is 350. The predicted octanol–water partition coefficient (Wildman–Crippen LogP) is 3.47. The lowest BCUT2D eigenvalue weighted by atomic mass is 10.2. The van der Waals surface area contributed by atoms with Crippen LogP contribution in [0.1, 0.15) is 43.0 Å². The van der Waals surface area contributed by atoms with Gasteiger partial charge in [-0.05, 0) is 24.6 Å². The molecule has 94 valence electrons. The number of benzene rings is 1. The van der Waals surface area contributed by atoms with Crippen LogP contribution in [-0.4, -0.2) is 19.6 Å². The second-order valence-corrected chi connectivity index (χ2v) is 4.06. The van der Waals surface area contributed by atoms with Crippen LogP contribution < -0.4 is 5.32 Å². The fourth-order valence-corrected chi connectivity index (χ4v) is 1.66. The number of esters is 1. The first-order valence-corrected chi connectivity index (χ1v) is 6.20. The van der Waals surface area contributed by atoms with Crippen LogP contribution in [0.15, 0.2) is 24.3 Å². The van der Waals surface area contributed by atoms with Crippen molar-refractivity contribution in [2.24, 2.45) is 0 Å². The Morgan fingerprint density at radius 3 is 2.82 bits per heavy atom. The highest BCUT2D eigenvalue weighted by atomic mass is 16.5. The molecule has 0 heterocycles. The summed E-state index contributed by atoms with van der Waals surface area (Å²) in [4.78, 5) is 11.3. The largest absolute Gasteiger partial charge is 0.465 e. The van der Waals surface area contributed by atoms with Gasteiger partial charge in [-0.1, -0.05) is 32.3 Å². The molecule has 0 aliphatic rings. The van der Waals surface area contributed by atoms with E-state index in [0.29, 0.717) is 5.56 Å². The zero-order valence-electron chi connectivity index (χ0n) is 10.7. The Morgan fingerprint density at radius 1 is 1.29 bits per heavy atom. The van der Waals surface area contributed by atoms with E-state index < -0.39 is 0 Å². The first kappa shape index (κ1) is 13.6. The molecule has 0 saturated heterocycles. The summed E-state index contributed by atoms with van der Waals surface area (Å²) in [6, 6.07) is 7.41. The van der Waals surface area contributed by atoms with Gasteiger partial charge in [-0.3, -0.25) is 0 Å². The van der Waals surface area contributed by atoms with Crippen LogP contribution in [0.2, 0.25) is 0 Å². The lowest BCUT2D eigenvalue weighted by Gasteiger charge is -2.07. The fraction of sp³-hybridized carbons (Fsp3) is 0.500. The van der Waals surface area contributed by atoms with Gasteiger partial charge in [-0.2, -0.15) is 0 Å². The first-order chi connectivity index (χ1) is 8.27. The monoisotopic (exact) mass is 235 g/mol. The Labute approximate surface area is 103 Å². The minimum Gasteiger partial charge on any atom is -0.465 e. The summed E-state index contributed by atoms with van der Waals surface area (Å²) < 4.78 is 4.68. The van der Waals surface area contributed by atoms with Crippen molar-refractivity contribution in [2.45, 2.75) is 32.6 Å². The molecule has 0 aromatic heterocycles. The molecule has 3 nitrogen and oxygen atoms in total. The molecular formula is C14H21NO2. The van der Waals surface area contributed by atoms with Crippen molar-refractivity contribution in [1.82, 2.24) is 0 Å². The molecule has 17 heavy (non-hydrogen) atoms. The van der Waals surface area contributed by atoms with Crippen LogP contribution in [0.3, 0.4) is 0 Å². The summed E-state index contributed by atoms with van der Waals surface area (Å²) in [7, 11) is 1.40. The average molecular weight is 235 g/mol. The third kappa shape index (κ3) is 4.89. The van der Waals surface area contributed by atoms with Crippen molar-refractivity contribution < 1.29 is 9.53 Å². The number of carbonyl (C=O) groups is 1. The van der Waals surface area contributed by atoms with Crippen LogP contribution in [0.25, 0.3) is 0 Å². The molecule has 0 amide bonds. The maximum Gasteiger partial charge on any atom is 0.337 e. The van der Waals surface area contributed by atoms with Gasteiger partial charge in [0.2, 0.25) is 0 Å². The van der Waals surface area contributed by atoms with E-state index in [1.54, 1.807) is 6.07 Å². The molecule has 0 fully saturated rings. The topological polar surface area (TPSA) is 38.3 Å². The smallest absolute Gasteiger partial charge is 0.337 e. The molecule has 0 unspecified atom stereocenters. The highest BCUT2D eigenvalue weighted by Gasteiger charge is 2.04. The molecule has 1 aromatic carbocycles. The molecule has 1 N–H and O–H groups in total.